The first kappa shape index (κ1) is 19.4. The van der Waals surface area contributed by atoms with Crippen LogP contribution >= 0.6 is 0 Å². The summed E-state index contributed by atoms with van der Waals surface area (Å²) in [4.78, 5) is 19.3. The Hall–Kier alpha value is -4.04. The molecule has 0 saturated heterocycles. The van der Waals surface area contributed by atoms with Crippen molar-refractivity contribution in [3.63, 3.8) is 0 Å². The monoisotopic (exact) mass is 450 g/mol. The average molecular weight is 451 g/mol. The van der Waals surface area contributed by atoms with Crippen LogP contribution in [0.5, 0.6) is 0 Å². The summed E-state index contributed by atoms with van der Waals surface area (Å²) < 4.78 is 2.04. The first-order valence-electron chi connectivity index (χ1n) is 11.4. The van der Waals surface area contributed by atoms with Gasteiger partial charge < -0.3 is 19.8 Å². The molecule has 1 fully saturated rings. The number of nitrogens with zero attached hydrogens (tertiary/aromatic N) is 5. The van der Waals surface area contributed by atoms with Crippen molar-refractivity contribution in [1.29, 1.82) is 0 Å². The minimum Gasteiger partial charge on any atom is -0.389 e. The van der Waals surface area contributed by atoms with Crippen molar-refractivity contribution in [2.45, 2.75) is 24.7 Å². The molecule has 168 valence electrons. The molecule has 2 aromatic heterocycles. The van der Waals surface area contributed by atoms with E-state index in [1.165, 1.54) is 6.33 Å². The molecule has 8 nitrogen and oxygen atoms in total. The Balaban J connectivity index is 1.44. The van der Waals surface area contributed by atoms with Gasteiger partial charge in [0, 0.05) is 12.6 Å². The maximum atomic E-state index is 11.0. The van der Waals surface area contributed by atoms with Crippen molar-refractivity contribution < 1.29 is 9.94 Å². The minimum atomic E-state index is -0.638. The lowest BCUT2D eigenvalue weighted by Gasteiger charge is -2.22. The summed E-state index contributed by atoms with van der Waals surface area (Å²) in [6.45, 7) is 0. The van der Waals surface area contributed by atoms with Crippen LogP contribution in [-0.4, -0.2) is 49.6 Å². The third kappa shape index (κ3) is 2.63. The number of oxime groups is 1. The molecule has 5 aromatic rings. The van der Waals surface area contributed by atoms with Gasteiger partial charge in [-0.15, -0.1) is 0 Å². The number of hydrogen-bond donors (Lipinski definition) is 2. The van der Waals surface area contributed by atoms with Gasteiger partial charge in [0.15, 0.2) is 17.6 Å². The van der Waals surface area contributed by atoms with Crippen LogP contribution in [0.4, 0.5) is 5.82 Å². The predicted octanol–water partition coefficient (Wildman–Crippen LogP) is 3.90. The SMILES string of the molecule is CNc1ncnc2c1ncn2[C@@H]1C[C@H](O)[C@H]2ON=C(c3c4ccccc4cc4ccccc34)[C@H]21. The highest BCUT2D eigenvalue weighted by Gasteiger charge is 2.52. The van der Waals surface area contributed by atoms with Crippen molar-refractivity contribution in [2.75, 3.05) is 12.4 Å². The molecule has 8 heteroatoms. The predicted molar refractivity (Wildman–Crippen MR) is 131 cm³/mol. The number of aliphatic hydroxyl groups is 1. The summed E-state index contributed by atoms with van der Waals surface area (Å²) in [5.74, 6) is 0.532. The lowest BCUT2D eigenvalue weighted by Crippen LogP contribution is -2.29. The van der Waals surface area contributed by atoms with E-state index >= 15 is 0 Å². The fraction of sp³-hybridized carbons (Fsp3) is 0.231. The quantitative estimate of drug-likeness (QED) is 0.405. The Labute approximate surface area is 194 Å². The van der Waals surface area contributed by atoms with Gasteiger partial charge in [0.05, 0.1) is 30.1 Å². The van der Waals surface area contributed by atoms with Gasteiger partial charge in [0.25, 0.3) is 0 Å². The van der Waals surface area contributed by atoms with Gasteiger partial charge in [-0.25, -0.2) is 15.0 Å². The van der Waals surface area contributed by atoms with E-state index in [1.54, 1.807) is 6.33 Å². The van der Waals surface area contributed by atoms with Crippen LogP contribution in [0.15, 0.2) is 72.4 Å². The molecule has 0 amide bonds. The van der Waals surface area contributed by atoms with Crippen LogP contribution in [0, 0.1) is 5.92 Å². The molecule has 0 spiro atoms. The Morgan fingerprint density at radius 3 is 2.47 bits per heavy atom. The first-order chi connectivity index (χ1) is 16.7. The average Bonchev–Trinajstić information content (AvgIpc) is 3.58. The molecule has 7 rings (SSSR count). The van der Waals surface area contributed by atoms with Crippen LogP contribution in [-0.2, 0) is 4.84 Å². The molecule has 4 atom stereocenters. The van der Waals surface area contributed by atoms with Crippen LogP contribution in [0.1, 0.15) is 18.0 Å². The lowest BCUT2D eigenvalue weighted by molar-refractivity contribution is -0.0104. The standard InChI is InChI=1S/C26H22N6O2/c1-27-25-23-26(29-12-28-25)32(13-30-23)18-11-19(33)24-21(18)22(31-34-24)20-16-8-4-2-6-14(16)10-15-7-3-5-9-17(15)20/h2-10,12-13,18-19,21,24,33H,11H2,1H3,(H,27,28,29)/t18-,19+,21-,24-/m1/s1. The van der Waals surface area contributed by atoms with Gasteiger partial charge in [-0.2, -0.15) is 0 Å². The van der Waals surface area contributed by atoms with Gasteiger partial charge in [0.1, 0.15) is 11.8 Å². The molecule has 1 aliphatic carbocycles. The number of rotatable bonds is 3. The molecule has 2 N–H and O–H groups in total. The van der Waals surface area contributed by atoms with Crippen LogP contribution in [0.2, 0.25) is 0 Å². The van der Waals surface area contributed by atoms with Gasteiger partial charge in [-0.1, -0.05) is 53.7 Å². The van der Waals surface area contributed by atoms with Crippen molar-refractivity contribution in [1.82, 2.24) is 19.5 Å². The Bertz CT molecular complexity index is 1560. The zero-order valence-electron chi connectivity index (χ0n) is 18.5. The highest BCUT2D eigenvalue weighted by Crippen LogP contribution is 2.46. The number of anilines is 1. The summed E-state index contributed by atoms with van der Waals surface area (Å²) >= 11 is 0. The second-order valence-corrected chi connectivity index (χ2v) is 8.93. The van der Waals surface area contributed by atoms with Crippen LogP contribution < -0.4 is 5.32 Å². The summed E-state index contributed by atoms with van der Waals surface area (Å²) in [5, 5.41) is 23.2. The number of fused-ring (bicyclic) bond motifs is 4. The smallest absolute Gasteiger partial charge is 0.165 e. The van der Waals surface area contributed by atoms with E-state index < -0.39 is 12.2 Å². The second-order valence-electron chi connectivity index (χ2n) is 8.93. The molecule has 1 saturated carbocycles. The molecule has 3 aromatic carbocycles. The van der Waals surface area contributed by atoms with Gasteiger partial charge in [-0.3, -0.25) is 0 Å². The molecule has 2 aliphatic rings. The highest BCUT2D eigenvalue weighted by molar-refractivity contribution is 6.22. The van der Waals surface area contributed by atoms with Gasteiger partial charge in [-0.05, 0) is 34.0 Å². The summed E-state index contributed by atoms with van der Waals surface area (Å²) in [7, 11) is 1.82. The fourth-order valence-corrected chi connectivity index (χ4v) is 5.70. The second kappa shape index (κ2) is 7.23. The molecule has 0 radical (unpaired) electrons. The van der Waals surface area contributed by atoms with Crippen molar-refractivity contribution >= 4 is 44.2 Å². The normalized spacial score (nSPS) is 23.9. The Morgan fingerprint density at radius 1 is 1.00 bits per heavy atom. The lowest BCUT2D eigenvalue weighted by atomic mass is 9.85. The van der Waals surface area contributed by atoms with E-state index in [2.05, 4.69) is 80.0 Å². The maximum absolute atomic E-state index is 11.0. The molecule has 1 aliphatic heterocycles. The molecule has 0 unspecified atom stereocenters. The number of benzene rings is 3. The van der Waals surface area contributed by atoms with Crippen molar-refractivity contribution in [3.8, 4) is 0 Å². The molecule has 34 heavy (non-hydrogen) atoms. The van der Waals surface area contributed by atoms with E-state index in [4.69, 9.17) is 4.84 Å². The molecular formula is C26H22N6O2. The molecular weight excluding hydrogens is 428 g/mol. The molecule has 3 heterocycles. The van der Waals surface area contributed by atoms with E-state index in [0.29, 0.717) is 17.8 Å². The summed E-state index contributed by atoms with van der Waals surface area (Å²) in [6, 6.07) is 18.8. The van der Waals surface area contributed by atoms with Crippen LogP contribution in [0.3, 0.4) is 0 Å². The van der Waals surface area contributed by atoms with E-state index in [-0.39, 0.29) is 12.0 Å². The largest absolute Gasteiger partial charge is 0.389 e. The zero-order chi connectivity index (χ0) is 22.8. The minimum absolute atomic E-state index is 0.108. The number of imidazole rings is 1. The summed E-state index contributed by atoms with van der Waals surface area (Å²) in [5.41, 5.74) is 3.36. The van der Waals surface area contributed by atoms with E-state index in [1.807, 2.05) is 11.6 Å². The van der Waals surface area contributed by atoms with E-state index in [0.717, 1.165) is 38.5 Å². The van der Waals surface area contributed by atoms with Gasteiger partial charge in [0.2, 0.25) is 0 Å². The third-order valence-electron chi connectivity index (χ3n) is 7.20. The van der Waals surface area contributed by atoms with Gasteiger partial charge >= 0.3 is 0 Å². The topological polar surface area (TPSA) is 97.5 Å². The fourth-order valence-electron chi connectivity index (χ4n) is 5.70. The third-order valence-corrected chi connectivity index (χ3v) is 7.20. The number of hydrogen-bond acceptors (Lipinski definition) is 7. The number of aliphatic hydroxyl groups excluding tert-OH is 1. The van der Waals surface area contributed by atoms with Crippen molar-refractivity contribution in [3.05, 3.63) is 72.8 Å². The maximum Gasteiger partial charge on any atom is 0.165 e. The first-order valence-corrected chi connectivity index (χ1v) is 11.4. The zero-order valence-corrected chi connectivity index (χ0v) is 18.5. The summed E-state index contributed by atoms with van der Waals surface area (Å²) in [6.07, 6.45) is 2.80. The Kier molecular flexibility index (Phi) is 4.13. The number of aromatic nitrogens is 4. The Morgan fingerprint density at radius 2 is 1.74 bits per heavy atom. The van der Waals surface area contributed by atoms with Crippen LogP contribution in [0.25, 0.3) is 32.7 Å². The molecule has 0 bridgehead atoms. The number of nitrogens with one attached hydrogen (secondary N) is 1. The van der Waals surface area contributed by atoms with E-state index in [9.17, 15) is 5.11 Å². The van der Waals surface area contributed by atoms with Crippen molar-refractivity contribution in [2.24, 2.45) is 11.1 Å². The highest BCUT2D eigenvalue weighted by atomic mass is 16.7.